The number of benzene rings is 1. The summed E-state index contributed by atoms with van der Waals surface area (Å²) in [6.45, 7) is 4.03. The number of hydrogen-bond donors (Lipinski definition) is 0. The molecule has 0 spiro atoms. The average molecular weight is 175 g/mol. The summed E-state index contributed by atoms with van der Waals surface area (Å²) in [5.74, 6) is 0. The van der Waals surface area contributed by atoms with E-state index in [0.29, 0.717) is 13.0 Å². The van der Waals surface area contributed by atoms with Crippen molar-refractivity contribution in [3.63, 3.8) is 0 Å². The summed E-state index contributed by atoms with van der Waals surface area (Å²) >= 11 is 0. The van der Waals surface area contributed by atoms with E-state index in [1.54, 1.807) is 12.3 Å². The molecular formula is C11H13NO. The summed E-state index contributed by atoms with van der Waals surface area (Å²) in [5, 5.41) is 11.2. The fourth-order valence-corrected chi connectivity index (χ4v) is 0.988. The second kappa shape index (κ2) is 5.14. The first-order valence-corrected chi connectivity index (χ1v) is 4.27. The molecule has 0 fully saturated rings. The first-order valence-electron chi connectivity index (χ1n) is 4.27. The Kier molecular flexibility index (Phi) is 3.76. The van der Waals surface area contributed by atoms with Crippen molar-refractivity contribution in [3.05, 3.63) is 53.8 Å². The molecule has 0 heterocycles. The van der Waals surface area contributed by atoms with Crippen molar-refractivity contribution < 1.29 is 4.74 Å². The van der Waals surface area contributed by atoms with Gasteiger partial charge in [-0.05, 0) is 12.1 Å². The van der Waals surface area contributed by atoms with Crippen LogP contribution in [0.1, 0.15) is 12.0 Å². The first-order chi connectivity index (χ1) is 6.33. The smallest absolute Gasteiger partial charge is 0.181 e. The molecule has 0 unspecified atom stereocenters. The van der Waals surface area contributed by atoms with Crippen molar-refractivity contribution in [2.45, 2.75) is 6.42 Å². The number of nitrogens with zero attached hydrogens (tertiary/aromatic N) is 1. The second-order valence-electron chi connectivity index (χ2n) is 2.76. The largest absolute Gasteiger partial charge is 0.624 e. The SMILES string of the molecule is C=CCC[N+]([O-])=Cc1ccccc1. The normalized spacial score (nSPS) is 11.2. The molecule has 1 aromatic carbocycles. The predicted octanol–water partition coefficient (Wildman–Crippen LogP) is 2.19. The molecule has 2 nitrogen and oxygen atoms in total. The maximum absolute atomic E-state index is 11.2. The van der Waals surface area contributed by atoms with Crippen LogP contribution in [-0.4, -0.2) is 17.5 Å². The summed E-state index contributed by atoms with van der Waals surface area (Å²) < 4.78 is 0.928. The minimum absolute atomic E-state index is 0.471. The Labute approximate surface area is 78.4 Å². The maximum Gasteiger partial charge on any atom is 0.181 e. The molecule has 1 rings (SSSR count). The molecule has 0 N–H and O–H groups in total. The maximum atomic E-state index is 11.2. The van der Waals surface area contributed by atoms with E-state index in [-0.39, 0.29) is 0 Å². The van der Waals surface area contributed by atoms with Crippen LogP contribution in [0.25, 0.3) is 0 Å². The van der Waals surface area contributed by atoms with Gasteiger partial charge >= 0.3 is 0 Å². The van der Waals surface area contributed by atoms with Crippen LogP contribution in [0.3, 0.4) is 0 Å². The zero-order valence-electron chi connectivity index (χ0n) is 7.52. The van der Waals surface area contributed by atoms with Gasteiger partial charge in [0, 0.05) is 12.0 Å². The number of hydrogen-bond acceptors (Lipinski definition) is 1. The van der Waals surface area contributed by atoms with Crippen LogP contribution in [0.4, 0.5) is 0 Å². The molecule has 13 heavy (non-hydrogen) atoms. The lowest BCUT2D eigenvalue weighted by atomic mass is 10.2. The molecule has 0 aromatic heterocycles. The van der Waals surface area contributed by atoms with Crippen LogP contribution in [0.5, 0.6) is 0 Å². The van der Waals surface area contributed by atoms with Crippen LogP contribution in [-0.2, 0) is 0 Å². The zero-order chi connectivity index (χ0) is 9.52. The van der Waals surface area contributed by atoms with Gasteiger partial charge in [0.15, 0.2) is 12.8 Å². The van der Waals surface area contributed by atoms with Crippen LogP contribution in [0.2, 0.25) is 0 Å². The van der Waals surface area contributed by atoms with Gasteiger partial charge in [-0.2, -0.15) is 0 Å². The Morgan fingerprint density at radius 2 is 2.00 bits per heavy atom. The van der Waals surface area contributed by atoms with E-state index >= 15 is 0 Å². The lowest BCUT2D eigenvalue weighted by Gasteiger charge is -2.01. The van der Waals surface area contributed by atoms with Gasteiger partial charge in [-0.1, -0.05) is 24.3 Å². The lowest BCUT2D eigenvalue weighted by Crippen LogP contribution is -2.06. The van der Waals surface area contributed by atoms with Gasteiger partial charge in [-0.25, -0.2) is 4.74 Å². The Hall–Kier alpha value is -1.57. The molecule has 0 saturated heterocycles. The summed E-state index contributed by atoms with van der Waals surface area (Å²) in [5.41, 5.74) is 0.932. The summed E-state index contributed by atoms with van der Waals surface area (Å²) in [4.78, 5) is 0. The van der Waals surface area contributed by atoms with Gasteiger partial charge in [0.25, 0.3) is 0 Å². The molecule has 0 saturated carbocycles. The van der Waals surface area contributed by atoms with Gasteiger partial charge in [0.1, 0.15) is 0 Å². The summed E-state index contributed by atoms with van der Waals surface area (Å²) in [6, 6.07) is 9.55. The molecule has 68 valence electrons. The van der Waals surface area contributed by atoms with Crippen LogP contribution < -0.4 is 0 Å². The monoisotopic (exact) mass is 175 g/mol. The van der Waals surface area contributed by atoms with Crippen LogP contribution in [0.15, 0.2) is 43.0 Å². The van der Waals surface area contributed by atoms with E-state index in [4.69, 9.17) is 0 Å². The van der Waals surface area contributed by atoms with Gasteiger partial charge in [-0.15, -0.1) is 6.58 Å². The standard InChI is InChI=1S/C11H13NO/c1-2-3-9-12(13)10-11-7-5-4-6-8-11/h2,4-8,10H,1,3,9H2. The highest BCUT2D eigenvalue weighted by Gasteiger charge is 1.92. The summed E-state index contributed by atoms with van der Waals surface area (Å²) in [7, 11) is 0. The first kappa shape index (κ1) is 9.52. The Bertz CT molecular complexity index is 290. The van der Waals surface area contributed by atoms with E-state index < -0.39 is 0 Å². The van der Waals surface area contributed by atoms with Crippen molar-refractivity contribution in [3.8, 4) is 0 Å². The quantitative estimate of drug-likeness (QED) is 0.226. The summed E-state index contributed by atoms with van der Waals surface area (Å²) in [6.07, 6.45) is 4.04. The second-order valence-corrected chi connectivity index (χ2v) is 2.76. The van der Waals surface area contributed by atoms with E-state index in [2.05, 4.69) is 6.58 Å². The lowest BCUT2D eigenvalue weighted by molar-refractivity contribution is -0.451. The van der Waals surface area contributed by atoms with E-state index in [0.717, 1.165) is 10.3 Å². The number of hydroxylamine groups is 1. The van der Waals surface area contributed by atoms with E-state index in [1.807, 2.05) is 30.3 Å². The van der Waals surface area contributed by atoms with Gasteiger partial charge in [0.2, 0.25) is 0 Å². The molecule has 0 aliphatic carbocycles. The fraction of sp³-hybridized carbons (Fsp3) is 0.182. The minimum Gasteiger partial charge on any atom is -0.624 e. The molecule has 1 aromatic rings. The fourth-order valence-electron chi connectivity index (χ4n) is 0.988. The predicted molar refractivity (Wildman–Crippen MR) is 54.9 cm³/mol. The zero-order valence-corrected chi connectivity index (χ0v) is 7.52. The molecule has 0 aliphatic rings. The number of rotatable bonds is 4. The Morgan fingerprint density at radius 1 is 1.31 bits per heavy atom. The van der Waals surface area contributed by atoms with Crippen molar-refractivity contribution in [2.75, 3.05) is 6.54 Å². The third-order valence-corrected chi connectivity index (χ3v) is 1.65. The molecule has 0 aliphatic heterocycles. The highest BCUT2D eigenvalue weighted by Crippen LogP contribution is 1.94. The third kappa shape index (κ3) is 3.56. The van der Waals surface area contributed by atoms with E-state index in [9.17, 15) is 5.21 Å². The molecule has 0 bridgehead atoms. The molecule has 0 radical (unpaired) electrons. The van der Waals surface area contributed by atoms with Crippen molar-refractivity contribution in [1.82, 2.24) is 0 Å². The molecular weight excluding hydrogens is 162 g/mol. The Balaban J connectivity index is 2.60. The topological polar surface area (TPSA) is 26.1 Å². The highest BCUT2D eigenvalue weighted by molar-refractivity contribution is 5.75. The third-order valence-electron chi connectivity index (χ3n) is 1.65. The van der Waals surface area contributed by atoms with E-state index in [1.165, 1.54) is 0 Å². The molecule has 0 amide bonds. The molecule has 2 heteroatoms. The van der Waals surface area contributed by atoms with Crippen LogP contribution in [0, 0.1) is 5.21 Å². The van der Waals surface area contributed by atoms with Crippen LogP contribution >= 0.6 is 0 Å². The highest BCUT2D eigenvalue weighted by atomic mass is 16.5. The van der Waals surface area contributed by atoms with Crippen molar-refractivity contribution in [2.24, 2.45) is 0 Å². The van der Waals surface area contributed by atoms with Crippen molar-refractivity contribution >= 4 is 6.21 Å². The van der Waals surface area contributed by atoms with Gasteiger partial charge < -0.3 is 5.21 Å². The average Bonchev–Trinajstić information content (AvgIpc) is 2.16. The van der Waals surface area contributed by atoms with Crippen molar-refractivity contribution in [1.29, 1.82) is 0 Å². The Morgan fingerprint density at radius 3 is 2.62 bits per heavy atom. The van der Waals surface area contributed by atoms with Gasteiger partial charge in [0.05, 0.1) is 0 Å². The molecule has 0 atom stereocenters. The minimum atomic E-state index is 0.471. The van der Waals surface area contributed by atoms with Gasteiger partial charge in [-0.3, -0.25) is 0 Å².